The van der Waals surface area contributed by atoms with Crippen molar-refractivity contribution in [2.75, 3.05) is 12.4 Å². The van der Waals surface area contributed by atoms with Gasteiger partial charge < -0.3 is 14.6 Å². The Morgan fingerprint density at radius 1 is 1.38 bits per heavy atom. The molecule has 2 N–H and O–H groups in total. The largest absolute Gasteiger partial charge is 0.496 e. The number of carbonyl (C=O) groups excluding carboxylic acids is 1. The van der Waals surface area contributed by atoms with Crippen LogP contribution in [-0.2, 0) is 11.3 Å². The van der Waals surface area contributed by atoms with Crippen molar-refractivity contribution < 1.29 is 14.5 Å². The highest BCUT2D eigenvalue weighted by molar-refractivity contribution is 5.93. The Hall–Kier alpha value is -3.43. The topological polar surface area (TPSA) is 136 Å². The molecule has 10 heteroatoms. The molecular formula is C14H14N4O6. The number of aromatic nitrogens is 2. The number of benzene rings is 1. The molecule has 0 atom stereocenters. The fourth-order valence-electron chi connectivity index (χ4n) is 1.95. The number of carbonyl (C=O) groups is 1. The molecule has 10 nitrogen and oxygen atoms in total. The number of hydrogen-bond acceptors (Lipinski definition) is 6. The maximum atomic E-state index is 11.9. The fraction of sp³-hybridized carbons (Fsp3) is 0.214. The summed E-state index contributed by atoms with van der Waals surface area (Å²) in [6.45, 7) is 0.0192. The van der Waals surface area contributed by atoms with Crippen molar-refractivity contribution in [1.82, 2.24) is 9.55 Å². The van der Waals surface area contributed by atoms with Gasteiger partial charge in [-0.3, -0.25) is 24.7 Å². The van der Waals surface area contributed by atoms with Crippen LogP contribution in [-0.4, -0.2) is 27.5 Å². The van der Waals surface area contributed by atoms with Gasteiger partial charge in [0.1, 0.15) is 11.4 Å². The number of methoxy groups -OCH3 is 1. The van der Waals surface area contributed by atoms with Gasteiger partial charge in [-0.25, -0.2) is 4.79 Å². The summed E-state index contributed by atoms with van der Waals surface area (Å²) in [6.07, 6.45) is 1.17. The average molecular weight is 334 g/mol. The van der Waals surface area contributed by atoms with Crippen molar-refractivity contribution in [1.29, 1.82) is 0 Å². The lowest BCUT2D eigenvalue weighted by molar-refractivity contribution is -0.384. The minimum atomic E-state index is -0.634. The van der Waals surface area contributed by atoms with E-state index in [1.54, 1.807) is 0 Å². The van der Waals surface area contributed by atoms with E-state index < -0.39 is 22.1 Å². The molecule has 2 aromatic rings. The molecule has 0 radical (unpaired) electrons. The molecule has 1 amide bonds. The van der Waals surface area contributed by atoms with E-state index in [1.807, 2.05) is 0 Å². The predicted octanol–water partition coefficient (Wildman–Crippen LogP) is 0.482. The minimum Gasteiger partial charge on any atom is -0.496 e. The number of nitrogens with zero attached hydrogens (tertiary/aromatic N) is 2. The Balaban J connectivity index is 2.08. The molecule has 1 aromatic heterocycles. The third kappa shape index (κ3) is 4.06. The fourth-order valence-corrected chi connectivity index (χ4v) is 1.95. The molecule has 0 unspecified atom stereocenters. The Bertz CT molecular complexity index is 885. The molecule has 0 spiro atoms. The Morgan fingerprint density at radius 3 is 2.75 bits per heavy atom. The van der Waals surface area contributed by atoms with E-state index >= 15 is 0 Å². The van der Waals surface area contributed by atoms with Crippen LogP contribution in [0.4, 0.5) is 11.4 Å². The van der Waals surface area contributed by atoms with Gasteiger partial charge in [0.05, 0.1) is 18.1 Å². The molecular weight excluding hydrogens is 320 g/mol. The van der Waals surface area contributed by atoms with Crippen LogP contribution in [0, 0.1) is 10.1 Å². The lowest BCUT2D eigenvalue weighted by Gasteiger charge is -2.08. The molecule has 0 bridgehead atoms. The first-order valence-corrected chi connectivity index (χ1v) is 6.83. The summed E-state index contributed by atoms with van der Waals surface area (Å²) in [6, 6.07) is 5.20. The van der Waals surface area contributed by atoms with E-state index in [0.717, 1.165) is 10.6 Å². The van der Waals surface area contributed by atoms with Gasteiger partial charge in [0, 0.05) is 25.2 Å². The first kappa shape index (κ1) is 16.9. The highest BCUT2D eigenvalue weighted by Gasteiger charge is 2.17. The van der Waals surface area contributed by atoms with Gasteiger partial charge >= 0.3 is 5.69 Å². The van der Waals surface area contributed by atoms with Crippen LogP contribution in [0.5, 0.6) is 5.75 Å². The van der Waals surface area contributed by atoms with E-state index in [9.17, 15) is 24.5 Å². The molecule has 0 saturated carbocycles. The molecule has 0 aliphatic carbocycles. The number of rotatable bonds is 6. The lowest BCUT2D eigenvalue weighted by atomic mass is 10.2. The normalized spacial score (nSPS) is 10.2. The minimum absolute atomic E-state index is 0.0192. The van der Waals surface area contributed by atoms with Crippen molar-refractivity contribution in [2.45, 2.75) is 13.0 Å². The number of nitro groups is 1. The molecule has 0 aliphatic rings. The zero-order valence-electron chi connectivity index (χ0n) is 12.6. The third-order valence-electron chi connectivity index (χ3n) is 3.15. The summed E-state index contributed by atoms with van der Waals surface area (Å²) in [5, 5.41) is 13.5. The first-order valence-electron chi connectivity index (χ1n) is 6.83. The number of aromatic amines is 1. The number of nitro benzene ring substituents is 1. The standard InChI is InChI=1S/C14H14N4O6/c1-24-9-2-3-10(11(8-9)18(22)23)15-12(19)4-6-17-7-5-13(20)16-14(17)21/h2-3,5,7-8H,4,6H2,1H3,(H,15,19)(H,16,20,21). The summed E-state index contributed by atoms with van der Waals surface area (Å²) >= 11 is 0. The number of nitrogens with one attached hydrogen (secondary N) is 2. The number of hydrogen-bond donors (Lipinski definition) is 2. The second-order valence-electron chi connectivity index (χ2n) is 4.74. The summed E-state index contributed by atoms with van der Waals surface area (Å²) in [5.41, 5.74) is -1.44. The van der Waals surface area contributed by atoms with Gasteiger partial charge in [0.2, 0.25) is 5.91 Å². The van der Waals surface area contributed by atoms with Crippen molar-refractivity contribution in [2.24, 2.45) is 0 Å². The second-order valence-corrected chi connectivity index (χ2v) is 4.74. The van der Waals surface area contributed by atoms with Gasteiger partial charge in [0.25, 0.3) is 11.2 Å². The summed E-state index contributed by atoms with van der Waals surface area (Å²) in [7, 11) is 1.37. The van der Waals surface area contributed by atoms with Crippen molar-refractivity contribution in [3.63, 3.8) is 0 Å². The van der Waals surface area contributed by atoms with Gasteiger partial charge in [0.15, 0.2) is 0 Å². The van der Waals surface area contributed by atoms with Gasteiger partial charge in [-0.2, -0.15) is 0 Å². The van der Waals surface area contributed by atoms with Crippen LogP contribution in [0.1, 0.15) is 6.42 Å². The number of amides is 1. The molecule has 0 saturated heterocycles. The highest BCUT2D eigenvalue weighted by Crippen LogP contribution is 2.28. The lowest BCUT2D eigenvalue weighted by Crippen LogP contribution is -2.29. The van der Waals surface area contributed by atoms with Gasteiger partial charge in [-0.1, -0.05) is 0 Å². The van der Waals surface area contributed by atoms with Crippen LogP contribution in [0.2, 0.25) is 0 Å². The van der Waals surface area contributed by atoms with E-state index in [2.05, 4.69) is 10.3 Å². The van der Waals surface area contributed by atoms with Crippen LogP contribution < -0.4 is 21.3 Å². The highest BCUT2D eigenvalue weighted by atomic mass is 16.6. The van der Waals surface area contributed by atoms with Crippen LogP contribution >= 0.6 is 0 Å². The number of ether oxygens (including phenoxy) is 1. The maximum absolute atomic E-state index is 11.9. The van der Waals surface area contributed by atoms with Crippen molar-refractivity contribution in [3.8, 4) is 5.75 Å². The van der Waals surface area contributed by atoms with Crippen molar-refractivity contribution in [3.05, 3.63) is 61.4 Å². The third-order valence-corrected chi connectivity index (χ3v) is 3.15. The SMILES string of the molecule is COc1ccc(NC(=O)CCn2ccc(=O)[nH]c2=O)c([N+](=O)[O-])c1. The average Bonchev–Trinajstić information content (AvgIpc) is 2.54. The number of aryl methyl sites for hydroxylation is 1. The monoisotopic (exact) mass is 334 g/mol. The van der Waals surface area contributed by atoms with E-state index in [1.165, 1.54) is 31.5 Å². The zero-order valence-corrected chi connectivity index (χ0v) is 12.6. The molecule has 126 valence electrons. The Kier molecular flexibility index (Phi) is 5.09. The molecule has 0 aliphatic heterocycles. The number of H-pyrrole nitrogens is 1. The first-order chi connectivity index (χ1) is 11.4. The van der Waals surface area contributed by atoms with Crippen LogP contribution in [0.3, 0.4) is 0 Å². The summed E-state index contributed by atoms with van der Waals surface area (Å²) < 4.78 is 6.07. The number of anilines is 1. The van der Waals surface area contributed by atoms with Gasteiger partial charge in [-0.05, 0) is 12.1 Å². The molecule has 1 aromatic carbocycles. The van der Waals surface area contributed by atoms with Crippen LogP contribution in [0.25, 0.3) is 0 Å². The molecule has 0 fully saturated rings. The second kappa shape index (κ2) is 7.22. The zero-order chi connectivity index (χ0) is 17.7. The van der Waals surface area contributed by atoms with E-state index in [0.29, 0.717) is 5.75 Å². The Labute approximate surface area is 134 Å². The summed E-state index contributed by atoms with van der Waals surface area (Å²) in [5.74, 6) is -0.221. The van der Waals surface area contributed by atoms with Gasteiger partial charge in [-0.15, -0.1) is 0 Å². The van der Waals surface area contributed by atoms with E-state index in [4.69, 9.17) is 4.74 Å². The smallest absolute Gasteiger partial charge is 0.328 e. The summed E-state index contributed by atoms with van der Waals surface area (Å²) in [4.78, 5) is 46.9. The Morgan fingerprint density at radius 2 is 2.12 bits per heavy atom. The van der Waals surface area contributed by atoms with E-state index in [-0.39, 0.29) is 24.3 Å². The predicted molar refractivity (Wildman–Crippen MR) is 84.2 cm³/mol. The molecule has 24 heavy (non-hydrogen) atoms. The van der Waals surface area contributed by atoms with Crippen LogP contribution in [0.15, 0.2) is 40.1 Å². The maximum Gasteiger partial charge on any atom is 0.328 e. The van der Waals surface area contributed by atoms with Crippen molar-refractivity contribution >= 4 is 17.3 Å². The molecule has 2 rings (SSSR count). The molecule has 1 heterocycles. The quantitative estimate of drug-likeness (QED) is 0.582.